The predicted molar refractivity (Wildman–Crippen MR) is 260 cm³/mol. The molecule has 6 rings (SSSR count). The molecule has 6 aromatic carbocycles. The van der Waals surface area contributed by atoms with Gasteiger partial charge in [0.2, 0.25) is 0 Å². The summed E-state index contributed by atoms with van der Waals surface area (Å²) < 4.78 is 33.5. The van der Waals surface area contributed by atoms with Gasteiger partial charge in [-0.2, -0.15) is 0 Å². The molecule has 0 fully saturated rings. The molecule has 6 aromatic rings. The highest BCUT2D eigenvalue weighted by molar-refractivity contribution is 5.92. The summed E-state index contributed by atoms with van der Waals surface area (Å²) in [7, 11) is 0. The molecular weight excluding hydrogens is 877 g/mol. The summed E-state index contributed by atoms with van der Waals surface area (Å²) in [6.45, 7) is 8.91. The number of ether oxygens (including phenoxy) is 6. The number of esters is 6. The largest absolute Gasteiger partial charge is 0.461 e. The lowest BCUT2D eigenvalue weighted by Crippen LogP contribution is -2.39. The maximum Gasteiger partial charge on any atom is 0.338 e. The summed E-state index contributed by atoms with van der Waals surface area (Å²) in [5.41, 5.74) is 3.48. The third-order valence-corrected chi connectivity index (χ3v) is 11.3. The van der Waals surface area contributed by atoms with Gasteiger partial charge in [-0.05, 0) is 106 Å². The first kappa shape index (κ1) is 52.1. The number of hydrogen-bond acceptors (Lipinski definition) is 12. The van der Waals surface area contributed by atoms with Crippen LogP contribution in [0.15, 0.2) is 164 Å². The van der Waals surface area contributed by atoms with Crippen LogP contribution in [0.1, 0.15) is 106 Å². The quantitative estimate of drug-likeness (QED) is 0.0528. The molecule has 0 aliphatic rings. The van der Waals surface area contributed by atoms with Gasteiger partial charge in [0, 0.05) is 0 Å². The molecule has 12 nitrogen and oxygen atoms in total. The van der Waals surface area contributed by atoms with E-state index in [1.165, 1.54) is 0 Å². The number of carbonyl (C=O) groups excluding carboxylic acids is 6. The normalized spacial score (nSPS) is 10.9. The SMILES string of the molecule is CCC(COC(=O)c1cccc(C)c1)(COC(=O)c1cccc(C)c1)COC(=O)c1cccc(C)c1.CCC(COC(=O)c1ccccc1)(COC(=O)c1ccccc1)COC(=O)c1ccccc1. The third kappa shape index (κ3) is 16.2. The Morgan fingerprint density at radius 1 is 0.304 bits per heavy atom. The van der Waals surface area contributed by atoms with Crippen molar-refractivity contribution in [3.05, 3.63) is 214 Å². The summed E-state index contributed by atoms with van der Waals surface area (Å²) in [6.07, 6.45) is 0.884. The molecule has 0 radical (unpaired) electrons. The van der Waals surface area contributed by atoms with Crippen LogP contribution in [-0.2, 0) is 28.4 Å². The lowest BCUT2D eigenvalue weighted by Gasteiger charge is -2.31. The fourth-order valence-electron chi connectivity index (χ4n) is 6.71. The molecule has 0 saturated carbocycles. The Balaban J connectivity index is 0.000000258. The van der Waals surface area contributed by atoms with Crippen LogP contribution in [0.5, 0.6) is 0 Å². The van der Waals surface area contributed by atoms with Gasteiger partial charge in [0.15, 0.2) is 0 Å². The predicted octanol–water partition coefficient (Wildman–Crippen LogP) is 10.8. The Kier molecular flexibility index (Phi) is 19.6. The number of hydrogen-bond donors (Lipinski definition) is 0. The molecular formula is C57H58O12. The van der Waals surface area contributed by atoms with Gasteiger partial charge in [0.05, 0.1) is 44.2 Å². The zero-order valence-corrected chi connectivity index (χ0v) is 39.6. The monoisotopic (exact) mass is 934 g/mol. The molecule has 0 spiro atoms. The second-order valence-corrected chi connectivity index (χ2v) is 16.9. The fraction of sp³-hybridized carbons (Fsp3) is 0.263. The van der Waals surface area contributed by atoms with E-state index in [1.54, 1.807) is 146 Å². The van der Waals surface area contributed by atoms with Crippen molar-refractivity contribution >= 4 is 35.8 Å². The molecule has 12 heteroatoms. The molecule has 0 aromatic heterocycles. The molecule has 0 atom stereocenters. The Morgan fingerprint density at radius 2 is 0.507 bits per heavy atom. The highest BCUT2D eigenvalue weighted by Gasteiger charge is 2.36. The molecule has 0 amide bonds. The molecule has 0 unspecified atom stereocenters. The molecule has 0 heterocycles. The summed E-state index contributed by atoms with van der Waals surface area (Å²) in [4.78, 5) is 75.6. The molecule has 0 saturated heterocycles. The van der Waals surface area contributed by atoms with Gasteiger partial charge >= 0.3 is 35.8 Å². The maximum absolute atomic E-state index is 12.7. The van der Waals surface area contributed by atoms with Crippen molar-refractivity contribution in [3.63, 3.8) is 0 Å². The van der Waals surface area contributed by atoms with Crippen LogP contribution in [0.3, 0.4) is 0 Å². The number of aryl methyl sites for hydroxylation is 3. The first-order chi connectivity index (χ1) is 33.2. The zero-order valence-electron chi connectivity index (χ0n) is 39.6. The molecule has 69 heavy (non-hydrogen) atoms. The lowest BCUT2D eigenvalue weighted by atomic mass is 9.88. The second-order valence-electron chi connectivity index (χ2n) is 16.9. The molecule has 0 bridgehead atoms. The molecule has 0 N–H and O–H groups in total. The van der Waals surface area contributed by atoms with Crippen molar-refractivity contribution in [1.82, 2.24) is 0 Å². The summed E-state index contributed by atoms with van der Waals surface area (Å²) in [5, 5.41) is 0. The fourth-order valence-corrected chi connectivity index (χ4v) is 6.71. The average molecular weight is 935 g/mol. The average Bonchev–Trinajstić information content (AvgIpc) is 3.38. The van der Waals surface area contributed by atoms with Gasteiger partial charge in [-0.15, -0.1) is 0 Å². The zero-order chi connectivity index (χ0) is 49.7. The summed E-state index contributed by atoms with van der Waals surface area (Å²) >= 11 is 0. The van der Waals surface area contributed by atoms with Crippen LogP contribution in [-0.4, -0.2) is 75.5 Å². The minimum Gasteiger partial charge on any atom is -0.461 e. The smallest absolute Gasteiger partial charge is 0.338 e. The van der Waals surface area contributed by atoms with Gasteiger partial charge in [-0.1, -0.05) is 122 Å². The minimum absolute atomic E-state index is 0.0820. The van der Waals surface area contributed by atoms with Crippen LogP contribution in [0, 0.1) is 31.6 Å². The van der Waals surface area contributed by atoms with Crippen molar-refractivity contribution in [1.29, 1.82) is 0 Å². The van der Waals surface area contributed by atoms with Crippen molar-refractivity contribution in [2.75, 3.05) is 39.6 Å². The van der Waals surface area contributed by atoms with E-state index < -0.39 is 46.6 Å². The van der Waals surface area contributed by atoms with Crippen LogP contribution < -0.4 is 0 Å². The number of rotatable bonds is 20. The van der Waals surface area contributed by atoms with Crippen LogP contribution >= 0.6 is 0 Å². The van der Waals surface area contributed by atoms with E-state index >= 15 is 0 Å². The van der Waals surface area contributed by atoms with E-state index in [4.69, 9.17) is 28.4 Å². The van der Waals surface area contributed by atoms with Crippen LogP contribution in [0.4, 0.5) is 0 Å². The Labute approximate surface area is 403 Å². The van der Waals surface area contributed by atoms with E-state index in [0.717, 1.165) is 16.7 Å². The minimum atomic E-state index is -0.918. The summed E-state index contributed by atoms with van der Waals surface area (Å²) in [6, 6.07) is 47.1. The van der Waals surface area contributed by atoms with E-state index in [9.17, 15) is 28.8 Å². The van der Waals surface area contributed by atoms with Gasteiger partial charge in [0.1, 0.15) is 39.6 Å². The van der Waals surface area contributed by atoms with Gasteiger partial charge in [-0.3, -0.25) is 0 Å². The molecule has 358 valence electrons. The standard InChI is InChI=1S/C30H32O6.C27H26O6/c1-5-30(18-34-27(31)24-12-6-9-21(2)15-24,19-35-28(32)25-13-7-10-22(3)16-25)20-36-29(33)26-14-8-11-23(4)17-26;1-2-27(18-31-24(28)21-12-6-3-7-13-21,19-32-25(29)22-14-8-4-9-15-22)20-33-26(30)23-16-10-5-11-17-23/h6-17H,5,18-20H2,1-4H3;3-17H,2,18-20H2,1H3. The van der Waals surface area contributed by atoms with Gasteiger partial charge in [-0.25, -0.2) is 28.8 Å². The van der Waals surface area contributed by atoms with Gasteiger partial charge in [0.25, 0.3) is 0 Å². The Morgan fingerprint density at radius 3 is 0.710 bits per heavy atom. The molecule has 0 aliphatic carbocycles. The number of carbonyl (C=O) groups is 6. The number of benzene rings is 6. The van der Waals surface area contributed by atoms with E-state index in [-0.39, 0.29) is 39.6 Å². The van der Waals surface area contributed by atoms with Crippen molar-refractivity contribution in [3.8, 4) is 0 Å². The maximum atomic E-state index is 12.7. The van der Waals surface area contributed by atoms with E-state index in [0.29, 0.717) is 46.2 Å². The third-order valence-electron chi connectivity index (χ3n) is 11.3. The van der Waals surface area contributed by atoms with Crippen LogP contribution in [0.2, 0.25) is 0 Å². The van der Waals surface area contributed by atoms with E-state index in [2.05, 4.69) is 0 Å². The highest BCUT2D eigenvalue weighted by atomic mass is 16.6. The first-order valence-electron chi connectivity index (χ1n) is 22.6. The topological polar surface area (TPSA) is 158 Å². The van der Waals surface area contributed by atoms with Crippen LogP contribution in [0.25, 0.3) is 0 Å². The van der Waals surface area contributed by atoms with Gasteiger partial charge < -0.3 is 28.4 Å². The van der Waals surface area contributed by atoms with Crippen molar-refractivity contribution in [2.24, 2.45) is 10.8 Å². The van der Waals surface area contributed by atoms with E-state index in [1.807, 2.05) is 52.8 Å². The van der Waals surface area contributed by atoms with Crippen molar-refractivity contribution < 1.29 is 57.2 Å². The Hall–Kier alpha value is -7.86. The molecule has 0 aliphatic heterocycles. The highest BCUT2D eigenvalue weighted by Crippen LogP contribution is 2.28. The second kappa shape index (κ2) is 25.9. The lowest BCUT2D eigenvalue weighted by molar-refractivity contribution is -0.0394. The first-order valence-corrected chi connectivity index (χ1v) is 22.6. The Bertz CT molecular complexity index is 2360. The summed E-state index contributed by atoms with van der Waals surface area (Å²) in [5.74, 6) is -2.99. The van der Waals surface area contributed by atoms with Crippen molar-refractivity contribution in [2.45, 2.75) is 47.5 Å².